The van der Waals surface area contributed by atoms with Gasteiger partial charge in [0.2, 0.25) is 0 Å². The maximum absolute atomic E-state index is 12.1. The molecule has 1 aliphatic heterocycles. The van der Waals surface area contributed by atoms with Gasteiger partial charge in [0.05, 0.1) is 6.20 Å². The van der Waals surface area contributed by atoms with Crippen LogP contribution in [0.25, 0.3) is 10.8 Å². The van der Waals surface area contributed by atoms with Gasteiger partial charge in [-0.05, 0) is 19.0 Å². The monoisotopic (exact) mass is 301 g/mol. The van der Waals surface area contributed by atoms with Crippen LogP contribution in [-0.4, -0.2) is 40.5 Å². The largest absolute Gasteiger partial charge is 0.348 e. The summed E-state index contributed by atoms with van der Waals surface area (Å²) in [7, 11) is 0. The van der Waals surface area contributed by atoms with Crippen molar-refractivity contribution in [3.63, 3.8) is 0 Å². The number of nitrogens with one attached hydrogen (secondary N) is 2. The first-order valence-electron chi connectivity index (χ1n) is 6.73. The third-order valence-corrected chi connectivity index (χ3v) is 4.11. The Hall–Kier alpha value is -2.12. The molecule has 0 atom stereocenters. The van der Waals surface area contributed by atoms with E-state index in [1.165, 1.54) is 16.9 Å². The van der Waals surface area contributed by atoms with E-state index in [1.807, 2.05) is 0 Å². The van der Waals surface area contributed by atoms with Crippen LogP contribution in [0.15, 0.2) is 36.3 Å². The number of thiazole rings is 1. The lowest BCUT2D eigenvalue weighted by Gasteiger charge is -2.14. The zero-order chi connectivity index (χ0) is 14.5. The van der Waals surface area contributed by atoms with Gasteiger partial charge in [0, 0.05) is 25.5 Å². The number of amides is 1. The van der Waals surface area contributed by atoms with Gasteiger partial charge in [0.15, 0.2) is 10.8 Å². The minimum Gasteiger partial charge on any atom is -0.348 e. The molecule has 1 amide bonds. The van der Waals surface area contributed by atoms with E-state index < -0.39 is 0 Å². The highest BCUT2D eigenvalue weighted by atomic mass is 32.1. The fraction of sp³-hybridized carbons (Fsp3) is 0.286. The molecule has 21 heavy (non-hydrogen) atoms. The first kappa shape index (κ1) is 13.8. The van der Waals surface area contributed by atoms with E-state index in [9.17, 15) is 4.79 Å². The predicted octanol–water partition coefficient (Wildman–Crippen LogP) is 1.25. The molecule has 0 fully saturated rings. The maximum atomic E-state index is 12.1. The molecule has 0 saturated heterocycles. The molecule has 108 valence electrons. The molecule has 3 heterocycles. The highest BCUT2D eigenvalue weighted by Gasteiger charge is 2.13. The Morgan fingerprint density at radius 2 is 2.19 bits per heavy atom. The lowest BCUT2D eigenvalue weighted by Crippen LogP contribution is -2.29. The Morgan fingerprint density at radius 3 is 2.95 bits per heavy atom. The van der Waals surface area contributed by atoms with Crippen LogP contribution in [0.1, 0.15) is 16.1 Å². The van der Waals surface area contributed by atoms with Crippen molar-refractivity contribution in [1.29, 1.82) is 0 Å². The number of aromatic nitrogens is 3. The summed E-state index contributed by atoms with van der Waals surface area (Å²) in [5, 5.41) is 6.83. The van der Waals surface area contributed by atoms with Crippen LogP contribution in [0.2, 0.25) is 0 Å². The maximum Gasteiger partial charge on any atom is 0.263 e. The Balaban J connectivity index is 1.63. The van der Waals surface area contributed by atoms with E-state index in [-0.39, 0.29) is 5.91 Å². The van der Waals surface area contributed by atoms with Gasteiger partial charge < -0.3 is 10.6 Å². The number of carbonyl (C=O) groups excluding carboxylic acids is 1. The van der Waals surface area contributed by atoms with Crippen molar-refractivity contribution in [2.75, 3.05) is 19.6 Å². The Bertz CT molecular complexity index is 652. The zero-order valence-corrected chi connectivity index (χ0v) is 12.2. The van der Waals surface area contributed by atoms with E-state index in [0.29, 0.717) is 22.3 Å². The molecule has 0 unspecified atom stereocenters. The number of hydrogen-bond donors (Lipinski definition) is 2. The molecule has 7 heteroatoms. The number of rotatable bonds is 4. The van der Waals surface area contributed by atoms with Crippen LogP contribution < -0.4 is 10.6 Å². The summed E-state index contributed by atoms with van der Waals surface area (Å²) in [4.78, 5) is 25.2. The van der Waals surface area contributed by atoms with Gasteiger partial charge in [0.25, 0.3) is 5.91 Å². The van der Waals surface area contributed by atoms with Gasteiger partial charge >= 0.3 is 0 Å². The summed E-state index contributed by atoms with van der Waals surface area (Å²) in [6.07, 6.45) is 7.99. The van der Waals surface area contributed by atoms with Crippen LogP contribution in [0.4, 0.5) is 0 Å². The highest BCUT2D eigenvalue weighted by molar-refractivity contribution is 7.16. The van der Waals surface area contributed by atoms with Gasteiger partial charge in [-0.15, -0.1) is 11.3 Å². The molecule has 1 aliphatic rings. The molecule has 3 rings (SSSR count). The quantitative estimate of drug-likeness (QED) is 0.831. The molecule has 0 aromatic carbocycles. The van der Waals surface area contributed by atoms with Crippen molar-refractivity contribution >= 4 is 17.2 Å². The Kier molecular flexibility index (Phi) is 4.32. The number of carbonyl (C=O) groups is 1. The van der Waals surface area contributed by atoms with Crippen LogP contribution in [-0.2, 0) is 0 Å². The predicted molar refractivity (Wildman–Crippen MR) is 81.0 cm³/mol. The van der Waals surface area contributed by atoms with Crippen molar-refractivity contribution in [2.24, 2.45) is 0 Å². The summed E-state index contributed by atoms with van der Waals surface area (Å²) < 4.78 is 0. The number of nitrogens with zero attached hydrogens (tertiary/aromatic N) is 3. The normalized spacial score (nSPS) is 14.6. The summed E-state index contributed by atoms with van der Waals surface area (Å²) in [5.41, 5.74) is 1.26. The van der Waals surface area contributed by atoms with Gasteiger partial charge in [0.1, 0.15) is 4.88 Å². The molecule has 0 saturated carbocycles. The van der Waals surface area contributed by atoms with Gasteiger partial charge in [-0.2, -0.15) is 0 Å². The molecular formula is C14H15N5OS. The van der Waals surface area contributed by atoms with E-state index in [1.54, 1.807) is 24.7 Å². The Morgan fingerprint density at radius 1 is 1.33 bits per heavy atom. The van der Waals surface area contributed by atoms with Gasteiger partial charge in [-0.25, -0.2) is 15.0 Å². The van der Waals surface area contributed by atoms with E-state index in [2.05, 4.69) is 31.7 Å². The smallest absolute Gasteiger partial charge is 0.263 e. The summed E-state index contributed by atoms with van der Waals surface area (Å²) >= 11 is 1.30. The average molecular weight is 301 g/mol. The molecular weight excluding hydrogens is 286 g/mol. The standard InChI is InChI=1S/C14H15N5OS/c20-13(18-8-10-2-6-15-7-3-10)11-9-19-14(21-11)12-16-4-1-5-17-12/h1-2,4-5,9,15H,3,6-8H2,(H,18,20). The van der Waals surface area contributed by atoms with E-state index in [4.69, 9.17) is 0 Å². The first-order chi connectivity index (χ1) is 10.3. The summed E-state index contributed by atoms with van der Waals surface area (Å²) in [6, 6.07) is 1.75. The minimum atomic E-state index is -0.103. The van der Waals surface area contributed by atoms with Crippen LogP contribution in [0, 0.1) is 0 Å². The van der Waals surface area contributed by atoms with Crippen molar-refractivity contribution in [3.8, 4) is 10.8 Å². The molecule has 2 aromatic rings. The third-order valence-electron chi connectivity index (χ3n) is 3.12. The second-order valence-corrected chi connectivity index (χ2v) is 5.63. The SMILES string of the molecule is O=C(NCC1=CCNCC1)c1cnc(-c2ncccn2)s1. The fourth-order valence-corrected chi connectivity index (χ4v) is 2.78. The van der Waals surface area contributed by atoms with Crippen molar-refractivity contribution < 1.29 is 4.79 Å². The van der Waals surface area contributed by atoms with Crippen molar-refractivity contribution in [2.45, 2.75) is 6.42 Å². The topological polar surface area (TPSA) is 79.8 Å². The first-order valence-corrected chi connectivity index (χ1v) is 7.54. The van der Waals surface area contributed by atoms with Gasteiger partial charge in [-0.3, -0.25) is 4.79 Å². The molecule has 6 nitrogen and oxygen atoms in total. The molecule has 0 bridgehead atoms. The third kappa shape index (κ3) is 3.50. The summed E-state index contributed by atoms with van der Waals surface area (Å²) in [6.45, 7) is 2.44. The van der Waals surface area contributed by atoms with Crippen LogP contribution >= 0.6 is 11.3 Å². The van der Waals surface area contributed by atoms with Crippen molar-refractivity contribution in [3.05, 3.63) is 41.2 Å². The second kappa shape index (κ2) is 6.55. The van der Waals surface area contributed by atoms with Crippen LogP contribution in [0.5, 0.6) is 0 Å². The minimum absolute atomic E-state index is 0.103. The van der Waals surface area contributed by atoms with Gasteiger partial charge in [-0.1, -0.05) is 11.6 Å². The second-order valence-electron chi connectivity index (χ2n) is 4.60. The molecule has 2 aromatic heterocycles. The zero-order valence-electron chi connectivity index (χ0n) is 11.4. The lowest BCUT2D eigenvalue weighted by atomic mass is 10.1. The average Bonchev–Trinajstić information content (AvgIpc) is 3.04. The van der Waals surface area contributed by atoms with Crippen molar-refractivity contribution in [1.82, 2.24) is 25.6 Å². The fourth-order valence-electron chi connectivity index (χ4n) is 2.00. The van der Waals surface area contributed by atoms with E-state index >= 15 is 0 Å². The number of hydrogen-bond acceptors (Lipinski definition) is 6. The highest BCUT2D eigenvalue weighted by Crippen LogP contribution is 2.21. The van der Waals surface area contributed by atoms with Crippen LogP contribution in [0.3, 0.4) is 0 Å². The molecule has 0 radical (unpaired) electrons. The van der Waals surface area contributed by atoms with E-state index in [0.717, 1.165) is 19.5 Å². The molecule has 0 aliphatic carbocycles. The molecule has 2 N–H and O–H groups in total. The Labute approximate surface area is 126 Å². The lowest BCUT2D eigenvalue weighted by molar-refractivity contribution is 0.0960. The summed E-state index contributed by atoms with van der Waals surface area (Å²) in [5.74, 6) is 0.441. The molecule has 0 spiro atoms.